The molecule has 2 N–H and O–H groups in total. The molecule has 1 saturated heterocycles. The Kier molecular flexibility index (Phi) is 7.39. The molecule has 0 radical (unpaired) electrons. The minimum absolute atomic E-state index is 0.339. The standard InChI is InChI=1S/C28H38N4O/c1-4-25(30(5-2)6-3)27-20-24-19-23(28(29)33)12-13-26(24)32(27)31-16-14-22(15-17-31)18-21-10-8-7-9-11-21/h7-13,19-20,22,25H,4-6,14-18H2,1-3H3,(H2,29,33). The van der Waals surface area contributed by atoms with Crippen molar-refractivity contribution < 1.29 is 4.79 Å². The molecule has 5 heteroatoms. The van der Waals surface area contributed by atoms with Gasteiger partial charge in [-0.3, -0.25) is 14.4 Å². The summed E-state index contributed by atoms with van der Waals surface area (Å²) in [7, 11) is 0. The fraction of sp³-hybridized carbons (Fsp3) is 0.464. The van der Waals surface area contributed by atoms with Crippen LogP contribution in [0.5, 0.6) is 0 Å². The summed E-state index contributed by atoms with van der Waals surface area (Å²) in [6.45, 7) is 10.9. The molecule has 2 aromatic carbocycles. The number of benzene rings is 2. The Hall–Kier alpha value is -2.79. The molecule has 2 heterocycles. The minimum Gasteiger partial charge on any atom is -0.366 e. The van der Waals surface area contributed by atoms with Gasteiger partial charge in [-0.25, -0.2) is 0 Å². The van der Waals surface area contributed by atoms with Crippen LogP contribution in [0.3, 0.4) is 0 Å². The summed E-state index contributed by atoms with van der Waals surface area (Å²) in [5.41, 5.74) is 10.1. The van der Waals surface area contributed by atoms with Gasteiger partial charge in [0.1, 0.15) is 0 Å². The van der Waals surface area contributed by atoms with Crippen LogP contribution >= 0.6 is 0 Å². The molecule has 5 nitrogen and oxygen atoms in total. The summed E-state index contributed by atoms with van der Waals surface area (Å²) in [6.07, 6.45) is 4.59. The molecule has 1 fully saturated rings. The van der Waals surface area contributed by atoms with Crippen molar-refractivity contribution in [3.63, 3.8) is 0 Å². The average Bonchev–Trinajstić information content (AvgIpc) is 3.21. The van der Waals surface area contributed by atoms with Gasteiger partial charge in [0.05, 0.1) is 17.3 Å². The number of carbonyl (C=O) groups excluding carboxylic acids is 1. The quantitative estimate of drug-likeness (QED) is 0.496. The number of aromatic nitrogens is 1. The second-order valence-electron chi connectivity index (χ2n) is 9.25. The zero-order chi connectivity index (χ0) is 23.4. The van der Waals surface area contributed by atoms with Crippen LogP contribution in [0.15, 0.2) is 54.6 Å². The summed E-state index contributed by atoms with van der Waals surface area (Å²) in [5.74, 6) is 0.351. The first-order valence-corrected chi connectivity index (χ1v) is 12.5. The fourth-order valence-corrected chi connectivity index (χ4v) is 5.52. The van der Waals surface area contributed by atoms with Gasteiger partial charge in [0.25, 0.3) is 0 Å². The number of nitrogens with two attached hydrogens (primary N) is 1. The van der Waals surface area contributed by atoms with Gasteiger partial charge in [-0.05, 0) is 74.5 Å². The molecule has 1 amide bonds. The summed E-state index contributed by atoms with van der Waals surface area (Å²) in [5, 5.41) is 3.62. The van der Waals surface area contributed by atoms with E-state index in [0.29, 0.717) is 11.6 Å². The zero-order valence-electron chi connectivity index (χ0n) is 20.3. The van der Waals surface area contributed by atoms with Crippen molar-refractivity contribution >= 4 is 16.8 Å². The van der Waals surface area contributed by atoms with E-state index in [4.69, 9.17) is 5.73 Å². The van der Waals surface area contributed by atoms with Crippen molar-refractivity contribution in [1.82, 2.24) is 9.58 Å². The highest BCUT2D eigenvalue weighted by Crippen LogP contribution is 2.32. The molecular formula is C28H38N4O. The van der Waals surface area contributed by atoms with Crippen molar-refractivity contribution in [1.29, 1.82) is 0 Å². The van der Waals surface area contributed by atoms with E-state index in [9.17, 15) is 4.79 Å². The third-order valence-electron chi connectivity index (χ3n) is 7.31. The van der Waals surface area contributed by atoms with Crippen LogP contribution in [-0.4, -0.2) is 41.7 Å². The number of nitrogens with zero attached hydrogens (tertiary/aromatic N) is 3. The molecule has 0 saturated carbocycles. The highest BCUT2D eigenvalue weighted by atomic mass is 16.1. The monoisotopic (exact) mass is 446 g/mol. The molecule has 1 aliphatic heterocycles. The van der Waals surface area contributed by atoms with Crippen molar-refractivity contribution in [3.05, 3.63) is 71.4 Å². The molecule has 1 unspecified atom stereocenters. The van der Waals surface area contributed by atoms with Gasteiger partial charge in [-0.2, -0.15) is 0 Å². The Morgan fingerprint density at radius 3 is 2.33 bits per heavy atom. The Labute approximate surface area is 198 Å². The van der Waals surface area contributed by atoms with E-state index in [2.05, 4.69) is 77.8 Å². The van der Waals surface area contributed by atoms with Crippen LogP contribution in [0.1, 0.15) is 67.7 Å². The lowest BCUT2D eigenvalue weighted by atomic mass is 9.91. The molecule has 3 aromatic rings. The van der Waals surface area contributed by atoms with E-state index >= 15 is 0 Å². The van der Waals surface area contributed by atoms with Gasteiger partial charge in [0, 0.05) is 24.0 Å². The van der Waals surface area contributed by atoms with Crippen LogP contribution in [0.4, 0.5) is 0 Å². The summed E-state index contributed by atoms with van der Waals surface area (Å²) in [6, 6.07) is 19.4. The third-order valence-corrected chi connectivity index (χ3v) is 7.31. The van der Waals surface area contributed by atoms with Crippen molar-refractivity contribution in [2.45, 2.75) is 52.5 Å². The highest BCUT2D eigenvalue weighted by Gasteiger charge is 2.27. The maximum atomic E-state index is 11.8. The lowest BCUT2D eigenvalue weighted by molar-refractivity contribution is 0.100. The smallest absolute Gasteiger partial charge is 0.248 e. The Bertz CT molecular complexity index is 1060. The molecular weight excluding hydrogens is 408 g/mol. The van der Waals surface area contributed by atoms with Gasteiger partial charge in [0.15, 0.2) is 0 Å². The van der Waals surface area contributed by atoms with Gasteiger partial charge < -0.3 is 10.7 Å². The van der Waals surface area contributed by atoms with Crippen molar-refractivity contribution in [3.8, 4) is 0 Å². The van der Waals surface area contributed by atoms with E-state index in [-0.39, 0.29) is 5.91 Å². The zero-order valence-corrected chi connectivity index (χ0v) is 20.3. The minimum atomic E-state index is -0.372. The predicted molar refractivity (Wildman–Crippen MR) is 137 cm³/mol. The molecule has 0 aliphatic carbocycles. The van der Waals surface area contributed by atoms with Crippen LogP contribution in [0, 0.1) is 5.92 Å². The number of hydrogen-bond acceptors (Lipinski definition) is 3. The lowest BCUT2D eigenvalue weighted by Gasteiger charge is -2.38. The number of piperidine rings is 1. The average molecular weight is 447 g/mol. The molecule has 33 heavy (non-hydrogen) atoms. The number of primary amides is 1. The first-order valence-electron chi connectivity index (χ1n) is 12.5. The van der Waals surface area contributed by atoms with E-state index < -0.39 is 0 Å². The molecule has 1 atom stereocenters. The summed E-state index contributed by atoms with van der Waals surface area (Å²) in [4.78, 5) is 14.3. The van der Waals surface area contributed by atoms with Crippen molar-refractivity contribution in [2.24, 2.45) is 11.7 Å². The largest absolute Gasteiger partial charge is 0.366 e. The van der Waals surface area contributed by atoms with Crippen LogP contribution in [0.2, 0.25) is 0 Å². The second kappa shape index (κ2) is 10.4. The van der Waals surface area contributed by atoms with E-state index in [1.54, 1.807) is 0 Å². The lowest BCUT2D eigenvalue weighted by Crippen LogP contribution is -2.44. The van der Waals surface area contributed by atoms with Gasteiger partial charge in [-0.1, -0.05) is 51.1 Å². The van der Waals surface area contributed by atoms with E-state index in [1.807, 2.05) is 12.1 Å². The van der Waals surface area contributed by atoms with E-state index in [1.165, 1.54) is 29.6 Å². The predicted octanol–water partition coefficient (Wildman–Crippen LogP) is 5.12. The number of amides is 1. The summed E-state index contributed by atoms with van der Waals surface area (Å²) >= 11 is 0. The number of hydrogen-bond donors (Lipinski definition) is 1. The van der Waals surface area contributed by atoms with Crippen LogP contribution in [-0.2, 0) is 6.42 Å². The third kappa shape index (κ3) is 4.93. The maximum Gasteiger partial charge on any atom is 0.248 e. The number of carbonyl (C=O) groups is 1. The molecule has 1 aromatic heterocycles. The number of rotatable bonds is 9. The fourth-order valence-electron chi connectivity index (χ4n) is 5.52. The van der Waals surface area contributed by atoms with Gasteiger partial charge in [-0.15, -0.1) is 0 Å². The Morgan fingerprint density at radius 1 is 1.03 bits per heavy atom. The first kappa shape index (κ1) is 23.4. The maximum absolute atomic E-state index is 11.8. The highest BCUT2D eigenvalue weighted by molar-refractivity contribution is 5.97. The molecule has 0 bridgehead atoms. The molecule has 4 rings (SSSR count). The topological polar surface area (TPSA) is 54.5 Å². The van der Waals surface area contributed by atoms with Crippen molar-refractivity contribution in [2.75, 3.05) is 31.2 Å². The molecule has 1 aliphatic rings. The summed E-state index contributed by atoms with van der Waals surface area (Å²) < 4.78 is 2.45. The Balaban J connectivity index is 1.65. The normalized spacial score (nSPS) is 15.9. The van der Waals surface area contributed by atoms with Gasteiger partial charge >= 0.3 is 0 Å². The SMILES string of the molecule is CCC(c1cc2cc(C(N)=O)ccc2n1N1CCC(Cc2ccccc2)CC1)N(CC)CC. The Morgan fingerprint density at radius 2 is 1.73 bits per heavy atom. The molecule has 176 valence electrons. The van der Waals surface area contributed by atoms with Gasteiger partial charge in [0.2, 0.25) is 5.91 Å². The first-order chi connectivity index (χ1) is 16.0. The van der Waals surface area contributed by atoms with Crippen LogP contribution in [0.25, 0.3) is 10.9 Å². The second-order valence-corrected chi connectivity index (χ2v) is 9.25. The molecule has 0 spiro atoms. The van der Waals surface area contributed by atoms with E-state index in [0.717, 1.165) is 50.3 Å². The van der Waals surface area contributed by atoms with Crippen LogP contribution < -0.4 is 10.7 Å². The number of fused-ring (bicyclic) bond motifs is 1.